The Bertz CT molecular complexity index is 536. The number of carbonyl (C=O) groups excluding carboxylic acids is 1. The summed E-state index contributed by atoms with van der Waals surface area (Å²) in [6.45, 7) is 0.468. The quantitative estimate of drug-likeness (QED) is 0.379. The Hall–Kier alpha value is -2.49. The molecule has 1 aliphatic heterocycles. The van der Waals surface area contributed by atoms with Crippen LogP contribution < -0.4 is 21.9 Å². The highest BCUT2D eigenvalue weighted by atomic mass is 16.6. The lowest BCUT2D eigenvalue weighted by Crippen LogP contribution is -2.48. The van der Waals surface area contributed by atoms with Gasteiger partial charge in [0.05, 0.1) is 4.92 Å². The Morgan fingerprint density at radius 3 is 2.85 bits per heavy atom. The maximum absolute atomic E-state index is 11.5. The van der Waals surface area contributed by atoms with E-state index in [-0.39, 0.29) is 17.3 Å². The van der Waals surface area contributed by atoms with Crippen LogP contribution >= 0.6 is 0 Å². The van der Waals surface area contributed by atoms with Crippen LogP contribution in [0.15, 0.2) is 6.33 Å². The first kappa shape index (κ1) is 13.9. The van der Waals surface area contributed by atoms with E-state index in [9.17, 15) is 14.9 Å². The zero-order chi connectivity index (χ0) is 14.7. The zero-order valence-corrected chi connectivity index (χ0v) is 10.7. The largest absolute Gasteiger partial charge is 0.368 e. The highest BCUT2D eigenvalue weighted by Crippen LogP contribution is 2.34. The zero-order valence-electron chi connectivity index (χ0n) is 10.7. The van der Waals surface area contributed by atoms with Crippen molar-refractivity contribution in [1.29, 1.82) is 0 Å². The predicted molar refractivity (Wildman–Crippen MR) is 70.7 cm³/mol. The van der Waals surface area contributed by atoms with Gasteiger partial charge < -0.3 is 16.1 Å². The van der Waals surface area contributed by atoms with Crippen molar-refractivity contribution in [3.05, 3.63) is 16.4 Å². The monoisotopic (exact) mass is 281 g/mol. The number of nitro groups is 1. The van der Waals surface area contributed by atoms with E-state index < -0.39 is 16.9 Å². The first-order chi connectivity index (χ1) is 9.56. The molecule has 0 radical (unpaired) electrons. The number of nitrogen functional groups attached to an aromatic ring is 1. The first-order valence-electron chi connectivity index (χ1n) is 6.08. The van der Waals surface area contributed by atoms with Crippen molar-refractivity contribution in [1.82, 2.24) is 9.97 Å². The molecule has 108 valence electrons. The third kappa shape index (κ3) is 2.45. The minimum absolute atomic E-state index is 0.0569. The molecule has 2 heterocycles. The van der Waals surface area contributed by atoms with Crippen molar-refractivity contribution < 1.29 is 9.72 Å². The molecule has 1 atom stereocenters. The Labute approximate surface area is 114 Å². The van der Waals surface area contributed by atoms with Gasteiger partial charge in [-0.2, -0.15) is 0 Å². The molecule has 10 nitrogen and oxygen atoms in total. The van der Waals surface area contributed by atoms with E-state index in [0.717, 1.165) is 19.2 Å². The van der Waals surface area contributed by atoms with Gasteiger partial charge in [0.1, 0.15) is 12.4 Å². The number of nitrogens with two attached hydrogens (primary N) is 2. The molecule has 1 fully saturated rings. The Balaban J connectivity index is 2.50. The fourth-order valence-corrected chi connectivity index (χ4v) is 2.33. The molecule has 1 aromatic heterocycles. The number of anilines is 2. The maximum atomic E-state index is 11.5. The molecule has 1 saturated heterocycles. The molecular weight excluding hydrogens is 266 g/mol. The lowest BCUT2D eigenvalue weighted by molar-refractivity contribution is -0.383. The number of hydrogen-bond acceptors (Lipinski definition) is 8. The van der Waals surface area contributed by atoms with Gasteiger partial charge >= 0.3 is 5.69 Å². The first-order valence-corrected chi connectivity index (χ1v) is 6.08. The molecule has 0 bridgehead atoms. The Morgan fingerprint density at radius 2 is 2.25 bits per heavy atom. The van der Waals surface area contributed by atoms with Crippen molar-refractivity contribution >= 4 is 23.2 Å². The second-order valence-electron chi connectivity index (χ2n) is 4.40. The lowest BCUT2D eigenvalue weighted by Gasteiger charge is -2.34. The van der Waals surface area contributed by atoms with Crippen molar-refractivity contribution in [3.63, 3.8) is 0 Å². The number of piperidine rings is 1. The molecule has 2 rings (SSSR count). The van der Waals surface area contributed by atoms with E-state index in [1.165, 1.54) is 0 Å². The van der Waals surface area contributed by atoms with Gasteiger partial charge in [0.15, 0.2) is 0 Å². The van der Waals surface area contributed by atoms with Gasteiger partial charge in [-0.05, 0) is 19.3 Å². The molecule has 0 aliphatic carbocycles. The second kappa shape index (κ2) is 5.65. The molecule has 0 aromatic carbocycles. The number of hydrogen-bond donors (Lipinski definition) is 3. The lowest BCUT2D eigenvalue weighted by atomic mass is 10.0. The molecule has 5 N–H and O–H groups in total. The van der Waals surface area contributed by atoms with Crippen LogP contribution in [-0.4, -0.2) is 33.4 Å². The molecule has 1 aliphatic rings. The summed E-state index contributed by atoms with van der Waals surface area (Å²) in [5, 5.41) is 11.2. The summed E-state index contributed by atoms with van der Waals surface area (Å²) < 4.78 is 0. The van der Waals surface area contributed by atoms with Crippen LogP contribution in [0.5, 0.6) is 0 Å². The van der Waals surface area contributed by atoms with E-state index >= 15 is 0 Å². The summed E-state index contributed by atoms with van der Waals surface area (Å²) in [6.07, 6.45) is 3.34. The average molecular weight is 281 g/mol. The highest BCUT2D eigenvalue weighted by molar-refractivity contribution is 5.85. The van der Waals surface area contributed by atoms with Gasteiger partial charge in [-0.3, -0.25) is 14.9 Å². The molecule has 0 spiro atoms. The van der Waals surface area contributed by atoms with Crippen molar-refractivity contribution in [2.24, 2.45) is 11.6 Å². The molecule has 1 amide bonds. The molecule has 1 unspecified atom stereocenters. The van der Waals surface area contributed by atoms with E-state index in [1.54, 1.807) is 4.90 Å². The van der Waals surface area contributed by atoms with Gasteiger partial charge in [0.2, 0.25) is 17.5 Å². The number of primary amides is 1. The fraction of sp³-hybridized carbons (Fsp3) is 0.500. The number of aromatic nitrogens is 2. The number of hydrazine groups is 1. The number of rotatable bonds is 4. The third-order valence-corrected chi connectivity index (χ3v) is 3.23. The standard InChI is InChI=1S/C10H15N7O3/c11-8(18)6-3-1-2-4-16(6)10-7(17(19)20)9(15-12)13-5-14-10/h5-6H,1-4,12H2,(H2,11,18)(H,13,14,15). The van der Waals surface area contributed by atoms with Crippen LogP contribution in [0, 0.1) is 10.1 Å². The number of nitrogens with zero attached hydrogens (tertiary/aromatic N) is 4. The maximum Gasteiger partial charge on any atom is 0.354 e. The van der Waals surface area contributed by atoms with E-state index in [1.807, 2.05) is 0 Å². The fourth-order valence-electron chi connectivity index (χ4n) is 2.33. The van der Waals surface area contributed by atoms with Crippen molar-refractivity contribution in [2.75, 3.05) is 16.9 Å². The number of nitrogens with one attached hydrogen (secondary N) is 1. The summed E-state index contributed by atoms with van der Waals surface area (Å²) in [7, 11) is 0. The van der Waals surface area contributed by atoms with Crippen LogP contribution in [0.3, 0.4) is 0 Å². The van der Waals surface area contributed by atoms with E-state index in [0.29, 0.717) is 13.0 Å². The van der Waals surface area contributed by atoms with Crippen LogP contribution in [-0.2, 0) is 4.79 Å². The SMILES string of the molecule is NNc1ncnc(N2CCCCC2C(N)=O)c1[N+](=O)[O-]. The van der Waals surface area contributed by atoms with Crippen LogP contribution in [0.4, 0.5) is 17.3 Å². The Morgan fingerprint density at radius 1 is 1.50 bits per heavy atom. The number of carbonyl (C=O) groups is 1. The number of amides is 1. The van der Waals surface area contributed by atoms with Crippen molar-refractivity contribution in [3.8, 4) is 0 Å². The summed E-state index contributed by atoms with van der Waals surface area (Å²) >= 11 is 0. The molecule has 1 aromatic rings. The van der Waals surface area contributed by atoms with Gasteiger partial charge in [-0.15, -0.1) is 0 Å². The molecule has 10 heteroatoms. The highest BCUT2D eigenvalue weighted by Gasteiger charge is 2.34. The smallest absolute Gasteiger partial charge is 0.354 e. The van der Waals surface area contributed by atoms with E-state index in [2.05, 4.69) is 15.4 Å². The molecule has 0 saturated carbocycles. The van der Waals surface area contributed by atoms with Crippen LogP contribution in [0.2, 0.25) is 0 Å². The predicted octanol–water partition coefficient (Wildman–Crippen LogP) is -0.485. The summed E-state index contributed by atoms with van der Waals surface area (Å²) in [6, 6.07) is -0.608. The Kier molecular flexibility index (Phi) is 3.94. The minimum Gasteiger partial charge on any atom is -0.368 e. The minimum atomic E-state index is -0.628. The summed E-state index contributed by atoms with van der Waals surface area (Å²) in [4.78, 5) is 31.3. The average Bonchev–Trinajstić information content (AvgIpc) is 2.46. The van der Waals surface area contributed by atoms with Gasteiger partial charge in [-0.1, -0.05) is 0 Å². The topological polar surface area (TPSA) is 153 Å². The third-order valence-electron chi connectivity index (χ3n) is 3.23. The van der Waals surface area contributed by atoms with Gasteiger partial charge in [0, 0.05) is 6.54 Å². The second-order valence-corrected chi connectivity index (χ2v) is 4.40. The van der Waals surface area contributed by atoms with Crippen LogP contribution in [0.25, 0.3) is 0 Å². The van der Waals surface area contributed by atoms with E-state index in [4.69, 9.17) is 11.6 Å². The van der Waals surface area contributed by atoms with Gasteiger partial charge in [-0.25, -0.2) is 15.8 Å². The molecular formula is C10H15N7O3. The summed E-state index contributed by atoms with van der Waals surface area (Å²) in [5.41, 5.74) is 7.16. The summed E-state index contributed by atoms with van der Waals surface area (Å²) in [5.74, 6) is 4.65. The van der Waals surface area contributed by atoms with Crippen LogP contribution in [0.1, 0.15) is 19.3 Å². The molecule has 20 heavy (non-hydrogen) atoms. The van der Waals surface area contributed by atoms with Crippen molar-refractivity contribution in [2.45, 2.75) is 25.3 Å². The van der Waals surface area contributed by atoms with Gasteiger partial charge in [0.25, 0.3) is 0 Å². The normalized spacial score (nSPS) is 18.6.